The number of carbonyl (C=O) groups excluding carboxylic acids is 1. The molecule has 1 aromatic heterocycles. The smallest absolute Gasteiger partial charge is 0.329 e. The minimum Gasteiger partial charge on any atom is -0.494 e. The summed E-state index contributed by atoms with van der Waals surface area (Å²) in [6.07, 6.45) is 0. The molecule has 0 radical (unpaired) electrons. The van der Waals surface area contributed by atoms with Crippen molar-refractivity contribution in [2.24, 2.45) is 0 Å². The van der Waals surface area contributed by atoms with Gasteiger partial charge in [-0.3, -0.25) is 9.36 Å². The second-order valence-electron chi connectivity index (χ2n) is 6.05. The fourth-order valence-corrected chi connectivity index (χ4v) is 4.27. The topological polar surface area (TPSA) is 66.8 Å². The highest BCUT2D eigenvalue weighted by atomic mass is 32.2. The molecule has 1 aliphatic heterocycles. The third-order valence-electron chi connectivity index (χ3n) is 4.54. The number of pyridine rings is 1. The number of nitrogens with zero attached hydrogens (tertiary/aromatic N) is 1. The van der Waals surface area contributed by atoms with E-state index < -0.39 is 12.0 Å². The second kappa shape index (κ2) is 7.45. The highest BCUT2D eigenvalue weighted by molar-refractivity contribution is 7.99. The molecule has 26 heavy (non-hydrogen) atoms. The van der Waals surface area contributed by atoms with Gasteiger partial charge in [-0.05, 0) is 31.0 Å². The summed E-state index contributed by atoms with van der Waals surface area (Å²) >= 11 is 1.41. The van der Waals surface area contributed by atoms with Gasteiger partial charge in [0.1, 0.15) is 23.4 Å². The summed E-state index contributed by atoms with van der Waals surface area (Å²) in [4.78, 5) is 24.5. The summed E-state index contributed by atoms with van der Waals surface area (Å²) in [6.45, 7) is 4.23. The van der Waals surface area contributed by atoms with E-state index in [-0.39, 0.29) is 12.2 Å². The van der Waals surface area contributed by atoms with Gasteiger partial charge in [0.05, 0.1) is 14.2 Å². The number of hydrogen-bond donors (Lipinski definition) is 0. The molecule has 0 spiro atoms. The van der Waals surface area contributed by atoms with Crippen molar-refractivity contribution >= 4 is 17.7 Å². The first-order valence-corrected chi connectivity index (χ1v) is 9.18. The van der Waals surface area contributed by atoms with Crippen molar-refractivity contribution in [1.29, 1.82) is 0 Å². The Balaban J connectivity index is 1.95. The summed E-state index contributed by atoms with van der Waals surface area (Å²) in [6, 6.07) is 6.69. The fourth-order valence-electron chi connectivity index (χ4n) is 2.96. The molecule has 2 aromatic rings. The average molecular weight is 375 g/mol. The van der Waals surface area contributed by atoms with Crippen LogP contribution in [0.1, 0.15) is 22.7 Å². The van der Waals surface area contributed by atoms with Gasteiger partial charge >= 0.3 is 5.97 Å². The molecule has 7 heteroatoms. The van der Waals surface area contributed by atoms with E-state index in [0.717, 1.165) is 16.9 Å². The van der Waals surface area contributed by atoms with Crippen LogP contribution in [-0.2, 0) is 16.1 Å². The van der Waals surface area contributed by atoms with E-state index >= 15 is 0 Å². The summed E-state index contributed by atoms with van der Waals surface area (Å²) in [5.41, 5.74) is 2.59. The Morgan fingerprint density at radius 1 is 1.31 bits per heavy atom. The van der Waals surface area contributed by atoms with Gasteiger partial charge in [0.15, 0.2) is 5.75 Å². The largest absolute Gasteiger partial charge is 0.494 e. The van der Waals surface area contributed by atoms with Crippen molar-refractivity contribution in [3.63, 3.8) is 0 Å². The number of methoxy groups -OCH3 is 2. The molecular formula is C19H21NO5S. The molecule has 1 atom stereocenters. The van der Waals surface area contributed by atoms with Crippen LogP contribution in [0.25, 0.3) is 0 Å². The van der Waals surface area contributed by atoms with E-state index in [9.17, 15) is 9.59 Å². The van der Waals surface area contributed by atoms with Crippen molar-refractivity contribution in [3.05, 3.63) is 51.3 Å². The number of aryl methyl sites for hydroxylation is 1. The van der Waals surface area contributed by atoms with Gasteiger partial charge in [0, 0.05) is 17.4 Å². The van der Waals surface area contributed by atoms with E-state index in [1.807, 2.05) is 32.0 Å². The van der Waals surface area contributed by atoms with Crippen LogP contribution in [0.5, 0.6) is 11.5 Å². The number of benzene rings is 1. The van der Waals surface area contributed by atoms with E-state index in [1.54, 1.807) is 7.11 Å². The summed E-state index contributed by atoms with van der Waals surface area (Å²) in [5, 5.41) is 0.634. The lowest BCUT2D eigenvalue weighted by molar-refractivity contribution is -0.143. The Morgan fingerprint density at radius 3 is 2.77 bits per heavy atom. The normalized spacial score (nSPS) is 15.5. The zero-order valence-electron chi connectivity index (χ0n) is 15.2. The lowest BCUT2D eigenvalue weighted by Gasteiger charge is -2.17. The monoisotopic (exact) mass is 375 g/mol. The third-order valence-corrected chi connectivity index (χ3v) is 5.68. The molecule has 6 nitrogen and oxygen atoms in total. The molecule has 1 aliphatic rings. The number of carbonyl (C=O) groups is 1. The fraction of sp³-hybridized carbons (Fsp3) is 0.368. The van der Waals surface area contributed by atoms with Crippen molar-refractivity contribution in [2.45, 2.75) is 31.5 Å². The molecule has 0 N–H and O–H groups in total. The van der Waals surface area contributed by atoms with Crippen LogP contribution in [0.3, 0.4) is 0 Å². The van der Waals surface area contributed by atoms with Crippen molar-refractivity contribution in [3.8, 4) is 11.5 Å². The molecule has 0 saturated carbocycles. The number of ether oxygens (including phenoxy) is 3. The zero-order chi connectivity index (χ0) is 18.8. The molecule has 0 aliphatic carbocycles. The number of fused-ring (bicyclic) bond motifs is 1. The molecule has 138 valence electrons. The first kappa shape index (κ1) is 18.4. The van der Waals surface area contributed by atoms with Crippen LogP contribution in [0.4, 0.5) is 0 Å². The molecule has 0 bridgehead atoms. The molecule has 0 saturated heterocycles. The van der Waals surface area contributed by atoms with Gasteiger partial charge in [-0.25, -0.2) is 4.79 Å². The van der Waals surface area contributed by atoms with Crippen LogP contribution < -0.4 is 15.0 Å². The third kappa shape index (κ3) is 3.19. The maximum absolute atomic E-state index is 12.6. The molecule has 3 rings (SSSR count). The Kier molecular flexibility index (Phi) is 5.27. The predicted octanol–water partition coefficient (Wildman–Crippen LogP) is 2.87. The minimum absolute atomic E-state index is 0.208. The van der Waals surface area contributed by atoms with E-state index in [0.29, 0.717) is 22.1 Å². The van der Waals surface area contributed by atoms with Gasteiger partial charge in [0.2, 0.25) is 0 Å². The highest BCUT2D eigenvalue weighted by Gasteiger charge is 2.34. The first-order chi connectivity index (χ1) is 12.5. The van der Waals surface area contributed by atoms with Crippen LogP contribution >= 0.6 is 11.8 Å². The summed E-state index contributed by atoms with van der Waals surface area (Å²) in [7, 11) is 2.87. The van der Waals surface area contributed by atoms with E-state index in [2.05, 4.69) is 0 Å². The van der Waals surface area contributed by atoms with Crippen LogP contribution in [0.15, 0.2) is 34.1 Å². The van der Waals surface area contributed by atoms with Gasteiger partial charge in [-0.2, -0.15) is 0 Å². The molecule has 0 amide bonds. The Labute approximate surface area is 156 Å². The van der Waals surface area contributed by atoms with Gasteiger partial charge in [0.25, 0.3) is 5.56 Å². The standard InChI is InChI=1S/C19H21NO5S/c1-11-6-5-7-15(12(11)2)25-9-13-8-16(21)20-14(19(22)24-4)10-26-18(20)17(13)23-3/h5-8,14H,9-10H2,1-4H3/t14-/m0/s1. The maximum Gasteiger partial charge on any atom is 0.329 e. The minimum atomic E-state index is -0.629. The molecule has 1 aromatic carbocycles. The lowest BCUT2D eigenvalue weighted by Crippen LogP contribution is -2.30. The molecule has 2 heterocycles. The maximum atomic E-state index is 12.6. The van der Waals surface area contributed by atoms with E-state index in [1.165, 1.54) is 29.5 Å². The number of hydrogen-bond acceptors (Lipinski definition) is 6. The van der Waals surface area contributed by atoms with Crippen LogP contribution in [-0.4, -0.2) is 30.5 Å². The average Bonchev–Trinajstić information content (AvgIpc) is 3.08. The Hall–Kier alpha value is -2.41. The number of esters is 1. The van der Waals surface area contributed by atoms with Crippen LogP contribution in [0.2, 0.25) is 0 Å². The second-order valence-corrected chi connectivity index (χ2v) is 7.06. The van der Waals surface area contributed by atoms with Gasteiger partial charge < -0.3 is 14.2 Å². The van der Waals surface area contributed by atoms with Crippen molar-refractivity contribution < 1.29 is 19.0 Å². The molecule has 0 unspecified atom stereocenters. The molecule has 0 fully saturated rings. The zero-order valence-corrected chi connectivity index (χ0v) is 16.0. The predicted molar refractivity (Wildman–Crippen MR) is 99.3 cm³/mol. The highest BCUT2D eigenvalue weighted by Crippen LogP contribution is 2.40. The van der Waals surface area contributed by atoms with Crippen molar-refractivity contribution in [1.82, 2.24) is 4.57 Å². The van der Waals surface area contributed by atoms with Gasteiger partial charge in [-0.1, -0.05) is 12.1 Å². The SMILES string of the molecule is COC(=O)[C@@H]1CSc2c(OC)c(COc3cccc(C)c3C)cc(=O)n21. The van der Waals surface area contributed by atoms with E-state index in [4.69, 9.17) is 14.2 Å². The Morgan fingerprint density at radius 2 is 2.08 bits per heavy atom. The van der Waals surface area contributed by atoms with Gasteiger partial charge in [-0.15, -0.1) is 11.8 Å². The quantitative estimate of drug-likeness (QED) is 0.749. The Bertz CT molecular complexity index is 906. The lowest BCUT2D eigenvalue weighted by atomic mass is 10.1. The number of rotatable bonds is 5. The number of thioether (sulfide) groups is 1. The van der Waals surface area contributed by atoms with Crippen molar-refractivity contribution in [2.75, 3.05) is 20.0 Å². The number of aromatic nitrogens is 1. The van der Waals surface area contributed by atoms with Crippen LogP contribution in [0, 0.1) is 13.8 Å². The summed E-state index contributed by atoms with van der Waals surface area (Å²) < 4.78 is 17.7. The molecular weight excluding hydrogens is 354 g/mol. The first-order valence-electron chi connectivity index (χ1n) is 8.20. The summed E-state index contributed by atoms with van der Waals surface area (Å²) in [5.74, 6) is 1.35.